The van der Waals surface area contributed by atoms with Gasteiger partial charge in [0.25, 0.3) is 11.8 Å². The molecular weight excluding hydrogens is 956 g/mol. The molecule has 6 rings (SSSR count). The summed E-state index contributed by atoms with van der Waals surface area (Å²) in [5.41, 5.74) is 15.8. The Kier molecular flexibility index (Phi) is 20.1. The number of nitriles is 2. The number of nitrogens with two attached hydrogens (primary N) is 3. The molecular formula is C50H69ClN16O6. The summed E-state index contributed by atoms with van der Waals surface area (Å²) < 4.78 is 10.6. The van der Waals surface area contributed by atoms with Crippen molar-refractivity contribution in [2.45, 2.75) is 167 Å². The number of nitrogens with one attached hydrogen (secondary N) is 5. The fraction of sp³-hybridized carbons (Fsp3) is 0.520. The van der Waals surface area contributed by atoms with E-state index in [9.17, 15) is 29.7 Å². The molecule has 73 heavy (non-hydrogen) atoms. The molecule has 22 nitrogen and oxygen atoms in total. The van der Waals surface area contributed by atoms with E-state index in [1.807, 2.05) is 41.5 Å². The molecule has 0 aromatic carbocycles. The van der Waals surface area contributed by atoms with Crippen molar-refractivity contribution in [3.05, 3.63) is 76.5 Å². The van der Waals surface area contributed by atoms with Crippen LogP contribution >= 0.6 is 11.6 Å². The third-order valence-electron chi connectivity index (χ3n) is 11.2. The van der Waals surface area contributed by atoms with Crippen LogP contribution in [0.2, 0.25) is 5.15 Å². The highest BCUT2D eigenvalue weighted by molar-refractivity contribution is 6.29. The molecule has 4 amide bonds. The number of primary amides is 2. The van der Waals surface area contributed by atoms with Gasteiger partial charge in [0.2, 0.25) is 0 Å². The van der Waals surface area contributed by atoms with E-state index < -0.39 is 39.9 Å². The average molecular weight is 1030 g/mol. The Labute approximate surface area is 431 Å². The van der Waals surface area contributed by atoms with Gasteiger partial charge in [-0.15, -0.1) is 20.4 Å². The summed E-state index contributed by atoms with van der Waals surface area (Å²) >= 11 is 5.78. The van der Waals surface area contributed by atoms with Gasteiger partial charge in [-0.05, 0) is 119 Å². The second-order valence-electron chi connectivity index (χ2n) is 20.7. The molecule has 4 aromatic rings. The molecule has 0 unspecified atom stereocenters. The molecule has 2 aliphatic carbocycles. The van der Waals surface area contributed by atoms with Crippen LogP contribution in [-0.4, -0.2) is 89.7 Å². The highest BCUT2D eigenvalue weighted by Crippen LogP contribution is 2.28. The fourth-order valence-corrected chi connectivity index (χ4v) is 7.55. The number of hydrogen-bond acceptors (Lipinski definition) is 18. The van der Waals surface area contributed by atoms with Crippen LogP contribution in [0.3, 0.4) is 0 Å². The second kappa shape index (κ2) is 25.3. The first-order valence-corrected chi connectivity index (χ1v) is 24.3. The number of alkyl carbamates (subject to hydrolysis) is 2. The minimum absolute atomic E-state index is 0.0422. The van der Waals surface area contributed by atoms with Crippen LogP contribution in [-0.2, 0) is 20.3 Å². The molecule has 2 fully saturated rings. The minimum atomic E-state index is -0.787. The van der Waals surface area contributed by atoms with Gasteiger partial charge >= 0.3 is 12.2 Å². The number of pyridine rings is 2. The SMILES string of the molecule is CC(C)(C#N)c1cccc(Nc2cc(Cl)nnc2C(N)=O)n1.CC(C)(C)OC(=O)N[C@H]1CCCC[C@H]1N.CC(C)(C)OC(=O)N[C@H]1CCCC[C@H]1Nc1cc(Nc2cccc(C(C)(C)C#N)n2)c(C(N)=O)nn1. The fourth-order valence-electron chi connectivity index (χ4n) is 7.40. The Morgan fingerprint density at radius 3 is 1.48 bits per heavy atom. The molecule has 23 heteroatoms. The number of carbonyl (C=O) groups is 4. The van der Waals surface area contributed by atoms with Crippen LogP contribution in [0.4, 0.5) is 38.4 Å². The minimum Gasteiger partial charge on any atom is -0.444 e. The first-order valence-electron chi connectivity index (χ1n) is 23.9. The van der Waals surface area contributed by atoms with Crippen molar-refractivity contribution in [3.63, 3.8) is 0 Å². The van der Waals surface area contributed by atoms with Gasteiger partial charge in [0.1, 0.15) is 22.8 Å². The molecule has 0 bridgehead atoms. The average Bonchev–Trinajstić information content (AvgIpc) is 3.30. The lowest BCUT2D eigenvalue weighted by Gasteiger charge is -2.33. The Balaban J connectivity index is 0.000000264. The topological polar surface area (TPSA) is 350 Å². The second-order valence-corrected chi connectivity index (χ2v) is 21.1. The number of anilines is 5. The highest BCUT2D eigenvalue weighted by Gasteiger charge is 2.30. The Hall–Kier alpha value is -7.43. The summed E-state index contributed by atoms with van der Waals surface area (Å²) in [6.07, 6.45) is 7.00. The van der Waals surface area contributed by atoms with Crippen molar-refractivity contribution < 1.29 is 28.7 Å². The van der Waals surface area contributed by atoms with Gasteiger partial charge in [-0.25, -0.2) is 19.6 Å². The number of amides is 4. The predicted molar refractivity (Wildman–Crippen MR) is 277 cm³/mol. The first kappa shape index (κ1) is 58.1. The summed E-state index contributed by atoms with van der Waals surface area (Å²) in [6, 6.07) is 17.8. The van der Waals surface area contributed by atoms with E-state index in [1.165, 1.54) is 6.07 Å². The number of rotatable bonds is 12. The summed E-state index contributed by atoms with van der Waals surface area (Å²) in [5, 5.41) is 49.3. The van der Waals surface area contributed by atoms with Gasteiger partial charge in [-0.1, -0.05) is 49.4 Å². The zero-order valence-electron chi connectivity index (χ0n) is 43.2. The van der Waals surface area contributed by atoms with Crippen LogP contribution < -0.4 is 43.8 Å². The predicted octanol–water partition coefficient (Wildman–Crippen LogP) is 7.71. The lowest BCUT2D eigenvalue weighted by Crippen LogP contribution is -2.50. The first-order chi connectivity index (χ1) is 34.1. The van der Waals surface area contributed by atoms with Crippen molar-refractivity contribution in [1.29, 1.82) is 10.5 Å². The maximum atomic E-state index is 12.3. The van der Waals surface area contributed by atoms with Crippen LogP contribution in [0.15, 0.2) is 48.5 Å². The van der Waals surface area contributed by atoms with Gasteiger partial charge in [-0.3, -0.25) is 9.59 Å². The van der Waals surface area contributed by atoms with E-state index in [0.29, 0.717) is 40.2 Å². The molecule has 2 aliphatic rings. The third-order valence-corrected chi connectivity index (χ3v) is 11.4. The molecule has 0 aliphatic heterocycles. The monoisotopic (exact) mass is 1020 g/mol. The third kappa shape index (κ3) is 18.6. The van der Waals surface area contributed by atoms with Crippen LogP contribution in [0.1, 0.15) is 153 Å². The quantitative estimate of drug-likeness (QED) is 0.0673. The molecule has 2 saturated carbocycles. The molecule has 0 spiro atoms. The maximum Gasteiger partial charge on any atom is 0.407 e. The van der Waals surface area contributed by atoms with Gasteiger partial charge in [0.15, 0.2) is 22.4 Å². The Morgan fingerprint density at radius 1 is 0.603 bits per heavy atom. The van der Waals surface area contributed by atoms with E-state index in [0.717, 1.165) is 51.4 Å². The summed E-state index contributed by atoms with van der Waals surface area (Å²) in [7, 11) is 0. The Bertz CT molecular complexity index is 2660. The molecule has 0 radical (unpaired) electrons. The summed E-state index contributed by atoms with van der Waals surface area (Å²) in [5.74, 6) is -0.196. The lowest BCUT2D eigenvalue weighted by atomic mass is 9.90. The summed E-state index contributed by atoms with van der Waals surface area (Å²) in [6.45, 7) is 18.1. The van der Waals surface area contributed by atoms with Crippen LogP contribution in [0, 0.1) is 22.7 Å². The Morgan fingerprint density at radius 2 is 1.03 bits per heavy atom. The normalized spacial score (nSPS) is 17.7. The molecule has 4 heterocycles. The van der Waals surface area contributed by atoms with Crippen molar-refractivity contribution >= 4 is 64.4 Å². The molecule has 392 valence electrons. The number of hydrogen-bond donors (Lipinski definition) is 8. The van der Waals surface area contributed by atoms with Crippen LogP contribution in [0.5, 0.6) is 0 Å². The van der Waals surface area contributed by atoms with Crippen molar-refractivity contribution in [2.75, 3.05) is 16.0 Å². The number of halogens is 1. The van der Waals surface area contributed by atoms with Gasteiger partial charge in [0, 0.05) is 30.3 Å². The molecule has 4 aromatic heterocycles. The van der Waals surface area contributed by atoms with Gasteiger partial charge in [-0.2, -0.15) is 10.5 Å². The molecule has 4 atom stereocenters. The van der Waals surface area contributed by atoms with Crippen molar-refractivity contribution in [2.24, 2.45) is 17.2 Å². The molecule has 0 saturated heterocycles. The van der Waals surface area contributed by atoms with E-state index in [2.05, 4.69) is 69.1 Å². The molecule has 11 N–H and O–H groups in total. The van der Waals surface area contributed by atoms with E-state index >= 15 is 0 Å². The smallest absolute Gasteiger partial charge is 0.407 e. The maximum absolute atomic E-state index is 12.3. The van der Waals surface area contributed by atoms with Gasteiger partial charge in [0.05, 0.1) is 51.8 Å². The van der Waals surface area contributed by atoms with Gasteiger partial charge < -0.3 is 53.3 Å². The number of aromatic nitrogens is 6. The zero-order valence-corrected chi connectivity index (χ0v) is 44.0. The lowest BCUT2D eigenvalue weighted by molar-refractivity contribution is 0.0475. The standard InChI is InChI=1S/C25H34N8O3.C14H13ClN6O.C11H22N2O2/c1-24(2,3)36-23(35)30-16-10-7-6-9-15(16)28-20-13-17(21(22(27)34)33-32-20)29-19-12-8-11-18(31-19)25(4,5)14-26;1-14(2,7-16)9-4-3-5-11(19-9)18-8-6-10(15)20-21-12(8)13(17)22;1-11(2,3)15-10(14)13-9-7-5-4-6-8(9)12/h8,11-13,15-16H,6-7,9-10H2,1-5H3,(H2,27,34)(H,30,35)(H2,28,29,31,32);3-6H,1-2H3,(H2,17,22)(H,18,19,20);8-9H,4-7,12H2,1-3H3,(H,13,14)/t15-,16+;;8-,9+/m1.1/s1. The zero-order chi connectivity index (χ0) is 54.3. The number of carbonyl (C=O) groups excluding carboxylic acids is 4. The summed E-state index contributed by atoms with van der Waals surface area (Å²) in [4.78, 5) is 56.1. The van der Waals surface area contributed by atoms with E-state index in [1.54, 1.807) is 70.2 Å². The van der Waals surface area contributed by atoms with E-state index in [4.69, 9.17) is 38.3 Å². The largest absolute Gasteiger partial charge is 0.444 e. The van der Waals surface area contributed by atoms with Crippen molar-refractivity contribution in [1.82, 2.24) is 41.0 Å². The number of nitrogens with zero attached hydrogens (tertiary/aromatic N) is 8. The van der Waals surface area contributed by atoms with Crippen LogP contribution in [0.25, 0.3) is 0 Å². The van der Waals surface area contributed by atoms with E-state index in [-0.39, 0.29) is 46.8 Å². The van der Waals surface area contributed by atoms with Crippen molar-refractivity contribution in [3.8, 4) is 12.1 Å². The highest BCUT2D eigenvalue weighted by atomic mass is 35.5. The number of ether oxygens (including phenoxy) is 2.